The molecule has 2 N–H and O–H groups in total. The molecule has 0 aliphatic carbocycles. The van der Waals surface area contributed by atoms with Crippen molar-refractivity contribution in [2.24, 2.45) is 0 Å². The smallest absolute Gasteiger partial charge is 0.144 e. The average Bonchev–Trinajstić information content (AvgIpc) is 2.34. The molecule has 0 aliphatic rings. The van der Waals surface area contributed by atoms with Crippen molar-refractivity contribution in [3.63, 3.8) is 0 Å². The molecular formula is C14H21ClFNO. The molecule has 0 aromatic heterocycles. The van der Waals surface area contributed by atoms with Gasteiger partial charge in [0.05, 0.1) is 17.3 Å². The molecule has 1 aromatic rings. The van der Waals surface area contributed by atoms with Crippen LogP contribution in [0.5, 0.6) is 5.75 Å². The summed E-state index contributed by atoms with van der Waals surface area (Å²) in [4.78, 5) is 0. The van der Waals surface area contributed by atoms with Gasteiger partial charge in [-0.2, -0.15) is 0 Å². The lowest BCUT2D eigenvalue weighted by Gasteiger charge is -2.09. The first kappa shape index (κ1) is 15.1. The first-order chi connectivity index (χ1) is 8.65. The molecule has 0 saturated carbocycles. The van der Waals surface area contributed by atoms with Crippen LogP contribution in [0.3, 0.4) is 0 Å². The molecule has 0 aliphatic heterocycles. The Labute approximate surface area is 113 Å². The Balaban J connectivity index is 2.25. The van der Waals surface area contributed by atoms with Crippen molar-refractivity contribution in [3.05, 3.63) is 23.0 Å². The number of hydrogen-bond acceptors (Lipinski definition) is 2. The molecule has 18 heavy (non-hydrogen) atoms. The van der Waals surface area contributed by atoms with Gasteiger partial charge in [-0.25, -0.2) is 4.39 Å². The number of hydrogen-bond donors (Lipinski definition) is 1. The molecule has 0 atom stereocenters. The Morgan fingerprint density at radius 1 is 1.17 bits per heavy atom. The SMILES string of the molecule is CCCCCCCCOc1cc(Cl)c(F)cc1N. The van der Waals surface area contributed by atoms with E-state index in [-0.39, 0.29) is 5.02 Å². The van der Waals surface area contributed by atoms with E-state index in [1.165, 1.54) is 37.8 Å². The van der Waals surface area contributed by atoms with E-state index in [9.17, 15) is 4.39 Å². The van der Waals surface area contributed by atoms with Crippen molar-refractivity contribution >= 4 is 17.3 Å². The topological polar surface area (TPSA) is 35.2 Å². The monoisotopic (exact) mass is 273 g/mol. The fourth-order valence-electron chi connectivity index (χ4n) is 1.73. The summed E-state index contributed by atoms with van der Waals surface area (Å²) in [6.07, 6.45) is 7.19. The van der Waals surface area contributed by atoms with Gasteiger partial charge in [-0.1, -0.05) is 50.6 Å². The van der Waals surface area contributed by atoms with Crippen molar-refractivity contribution < 1.29 is 9.13 Å². The van der Waals surface area contributed by atoms with E-state index in [4.69, 9.17) is 22.1 Å². The highest BCUT2D eigenvalue weighted by atomic mass is 35.5. The van der Waals surface area contributed by atoms with E-state index >= 15 is 0 Å². The first-order valence-corrected chi connectivity index (χ1v) is 6.90. The van der Waals surface area contributed by atoms with Crippen molar-refractivity contribution in [2.45, 2.75) is 45.4 Å². The number of ether oxygens (including phenoxy) is 1. The largest absolute Gasteiger partial charge is 0.491 e. The summed E-state index contributed by atoms with van der Waals surface area (Å²) < 4.78 is 18.6. The summed E-state index contributed by atoms with van der Waals surface area (Å²) in [5, 5.41) is 0.0437. The number of unbranched alkanes of at least 4 members (excludes halogenated alkanes) is 5. The van der Waals surface area contributed by atoms with Gasteiger partial charge in [0.1, 0.15) is 11.6 Å². The fraction of sp³-hybridized carbons (Fsp3) is 0.571. The predicted molar refractivity (Wildman–Crippen MR) is 74.7 cm³/mol. The number of halogens is 2. The Morgan fingerprint density at radius 2 is 1.83 bits per heavy atom. The molecule has 0 fully saturated rings. The van der Waals surface area contributed by atoms with Crippen LogP contribution in [0.2, 0.25) is 5.02 Å². The molecule has 0 bridgehead atoms. The van der Waals surface area contributed by atoms with E-state index < -0.39 is 5.82 Å². The van der Waals surface area contributed by atoms with Gasteiger partial charge in [-0.15, -0.1) is 0 Å². The number of nitrogen functional groups attached to an aromatic ring is 1. The summed E-state index contributed by atoms with van der Waals surface area (Å²) in [7, 11) is 0. The van der Waals surface area contributed by atoms with E-state index in [0.29, 0.717) is 18.0 Å². The number of anilines is 1. The minimum Gasteiger partial charge on any atom is -0.491 e. The number of nitrogens with two attached hydrogens (primary N) is 1. The van der Waals surface area contributed by atoms with Crippen LogP contribution in [-0.4, -0.2) is 6.61 Å². The predicted octanol–water partition coefficient (Wildman–Crippen LogP) is 4.80. The van der Waals surface area contributed by atoms with E-state index in [0.717, 1.165) is 12.8 Å². The third-order valence-electron chi connectivity index (χ3n) is 2.81. The van der Waals surface area contributed by atoms with E-state index in [1.807, 2.05) is 0 Å². The average molecular weight is 274 g/mol. The molecule has 0 amide bonds. The third kappa shape index (κ3) is 5.13. The summed E-state index contributed by atoms with van der Waals surface area (Å²) in [5.41, 5.74) is 5.94. The molecule has 0 radical (unpaired) electrons. The van der Waals surface area contributed by atoms with Gasteiger partial charge >= 0.3 is 0 Å². The van der Waals surface area contributed by atoms with Crippen molar-refractivity contribution in [3.8, 4) is 5.75 Å². The van der Waals surface area contributed by atoms with Crippen LogP contribution in [0.15, 0.2) is 12.1 Å². The van der Waals surface area contributed by atoms with Gasteiger partial charge in [0.25, 0.3) is 0 Å². The quantitative estimate of drug-likeness (QED) is 0.545. The molecule has 0 saturated heterocycles. The Hall–Kier alpha value is -0.960. The Bertz CT molecular complexity index is 371. The molecular weight excluding hydrogens is 253 g/mol. The van der Waals surface area contributed by atoms with Crippen LogP contribution in [0.1, 0.15) is 45.4 Å². The summed E-state index contributed by atoms with van der Waals surface area (Å²) in [6.45, 7) is 2.79. The molecule has 0 spiro atoms. The second kappa shape index (κ2) is 8.20. The lowest BCUT2D eigenvalue weighted by atomic mass is 10.1. The van der Waals surface area contributed by atoms with Gasteiger partial charge < -0.3 is 10.5 Å². The van der Waals surface area contributed by atoms with Crippen molar-refractivity contribution in [1.82, 2.24) is 0 Å². The fourth-order valence-corrected chi connectivity index (χ4v) is 1.89. The Kier molecular flexibility index (Phi) is 6.88. The maximum atomic E-state index is 13.1. The summed E-state index contributed by atoms with van der Waals surface area (Å²) in [5.74, 6) is -0.0453. The lowest BCUT2D eigenvalue weighted by Crippen LogP contribution is -2.01. The molecule has 0 unspecified atom stereocenters. The molecule has 2 nitrogen and oxygen atoms in total. The first-order valence-electron chi connectivity index (χ1n) is 6.52. The van der Waals surface area contributed by atoms with Gasteiger partial charge in [-0.05, 0) is 6.42 Å². The van der Waals surface area contributed by atoms with Crippen LogP contribution >= 0.6 is 11.6 Å². The minimum absolute atomic E-state index is 0.0437. The van der Waals surface area contributed by atoms with Crippen LogP contribution in [0, 0.1) is 5.82 Å². The zero-order valence-corrected chi connectivity index (χ0v) is 11.6. The number of rotatable bonds is 8. The van der Waals surface area contributed by atoms with Gasteiger partial charge in [0, 0.05) is 12.1 Å². The second-order valence-electron chi connectivity index (χ2n) is 4.42. The maximum absolute atomic E-state index is 13.1. The molecule has 4 heteroatoms. The lowest BCUT2D eigenvalue weighted by molar-refractivity contribution is 0.305. The highest BCUT2D eigenvalue weighted by Crippen LogP contribution is 2.28. The summed E-state index contributed by atoms with van der Waals surface area (Å²) in [6, 6.07) is 2.63. The standard InChI is InChI=1S/C14H21ClFNO/c1-2-3-4-5-6-7-8-18-14-9-11(15)12(16)10-13(14)17/h9-10H,2-8,17H2,1H3. The van der Waals surface area contributed by atoms with Crippen LogP contribution in [-0.2, 0) is 0 Å². The third-order valence-corrected chi connectivity index (χ3v) is 3.10. The van der Waals surface area contributed by atoms with Crippen LogP contribution < -0.4 is 10.5 Å². The minimum atomic E-state index is -0.513. The van der Waals surface area contributed by atoms with E-state index in [2.05, 4.69) is 6.92 Å². The number of benzene rings is 1. The molecule has 1 aromatic carbocycles. The van der Waals surface area contributed by atoms with E-state index in [1.54, 1.807) is 0 Å². The van der Waals surface area contributed by atoms with Crippen molar-refractivity contribution in [1.29, 1.82) is 0 Å². The summed E-state index contributed by atoms with van der Waals surface area (Å²) >= 11 is 5.67. The highest BCUT2D eigenvalue weighted by molar-refractivity contribution is 6.31. The normalized spacial score (nSPS) is 10.6. The molecule has 102 valence electrons. The maximum Gasteiger partial charge on any atom is 0.144 e. The van der Waals surface area contributed by atoms with Gasteiger partial charge in [0.2, 0.25) is 0 Å². The molecule has 1 rings (SSSR count). The second-order valence-corrected chi connectivity index (χ2v) is 4.83. The zero-order valence-electron chi connectivity index (χ0n) is 10.8. The highest BCUT2D eigenvalue weighted by Gasteiger charge is 2.06. The van der Waals surface area contributed by atoms with Crippen LogP contribution in [0.25, 0.3) is 0 Å². The zero-order chi connectivity index (χ0) is 13.4. The van der Waals surface area contributed by atoms with Crippen LogP contribution in [0.4, 0.5) is 10.1 Å². The van der Waals surface area contributed by atoms with Gasteiger partial charge in [-0.3, -0.25) is 0 Å². The van der Waals surface area contributed by atoms with Crippen molar-refractivity contribution in [2.75, 3.05) is 12.3 Å². The Morgan fingerprint density at radius 3 is 2.56 bits per heavy atom. The molecule has 0 heterocycles. The van der Waals surface area contributed by atoms with Gasteiger partial charge in [0.15, 0.2) is 0 Å².